The normalized spacial score (nSPS) is 29.8. The van der Waals surface area contributed by atoms with Crippen molar-refractivity contribution in [1.29, 1.82) is 0 Å². The van der Waals surface area contributed by atoms with E-state index < -0.39 is 0 Å². The number of carbonyl (C=O) groups is 1. The number of cyclic esters (lactones) is 1. The minimum Gasteiger partial charge on any atom is -0.459 e. The summed E-state index contributed by atoms with van der Waals surface area (Å²) in [6.07, 6.45) is 5.55. The van der Waals surface area contributed by atoms with Crippen LogP contribution in [0.2, 0.25) is 0 Å². The number of hydrogen-bond donors (Lipinski definition) is 0. The fourth-order valence-corrected chi connectivity index (χ4v) is 2.08. The Morgan fingerprint density at radius 3 is 2.92 bits per heavy atom. The zero-order valence-corrected chi connectivity index (χ0v) is 7.43. The van der Waals surface area contributed by atoms with E-state index in [0.29, 0.717) is 0 Å². The second-order valence-electron chi connectivity index (χ2n) is 3.71. The lowest BCUT2D eigenvalue weighted by Crippen LogP contribution is -2.25. The molecule has 1 atom stereocenters. The number of ether oxygens (including phenoxy) is 1. The molecule has 0 radical (unpaired) electrons. The molecule has 0 saturated heterocycles. The standard InChI is InChI=1S/C10H14O2/c1-7-6-8-4-2-3-5-9(8)10(11)12-7/h7H,2-6H2,1H3. The largest absolute Gasteiger partial charge is 0.459 e. The second kappa shape index (κ2) is 2.92. The predicted octanol–water partition coefficient (Wildman–Crippen LogP) is 2.19. The van der Waals surface area contributed by atoms with Crippen molar-refractivity contribution in [3.8, 4) is 0 Å². The van der Waals surface area contributed by atoms with Gasteiger partial charge in [0, 0.05) is 12.0 Å². The smallest absolute Gasteiger partial charge is 0.334 e. The van der Waals surface area contributed by atoms with Crippen LogP contribution in [-0.4, -0.2) is 12.1 Å². The zero-order chi connectivity index (χ0) is 8.55. The Balaban J connectivity index is 2.26. The highest BCUT2D eigenvalue weighted by Gasteiger charge is 2.27. The third-order valence-corrected chi connectivity index (χ3v) is 2.67. The average molecular weight is 166 g/mol. The molecule has 12 heavy (non-hydrogen) atoms. The summed E-state index contributed by atoms with van der Waals surface area (Å²) in [7, 11) is 0. The lowest BCUT2D eigenvalue weighted by atomic mass is 9.87. The Labute approximate surface area is 72.6 Å². The van der Waals surface area contributed by atoms with Crippen molar-refractivity contribution in [2.75, 3.05) is 0 Å². The van der Waals surface area contributed by atoms with Crippen molar-refractivity contribution >= 4 is 5.97 Å². The van der Waals surface area contributed by atoms with Crippen LogP contribution in [0.1, 0.15) is 39.0 Å². The Morgan fingerprint density at radius 1 is 1.33 bits per heavy atom. The van der Waals surface area contributed by atoms with Crippen LogP contribution in [0, 0.1) is 0 Å². The van der Waals surface area contributed by atoms with Crippen LogP contribution >= 0.6 is 0 Å². The molecule has 2 heteroatoms. The molecular weight excluding hydrogens is 152 g/mol. The number of hydrogen-bond acceptors (Lipinski definition) is 2. The van der Waals surface area contributed by atoms with Crippen LogP contribution < -0.4 is 0 Å². The quantitative estimate of drug-likeness (QED) is 0.516. The SMILES string of the molecule is CC1CC2=C(CCCC2)C(=O)O1. The van der Waals surface area contributed by atoms with Gasteiger partial charge in [0.15, 0.2) is 0 Å². The summed E-state index contributed by atoms with van der Waals surface area (Å²) < 4.78 is 5.16. The lowest BCUT2D eigenvalue weighted by molar-refractivity contribution is -0.145. The summed E-state index contributed by atoms with van der Waals surface area (Å²) >= 11 is 0. The minimum absolute atomic E-state index is 0.0524. The van der Waals surface area contributed by atoms with Gasteiger partial charge in [-0.25, -0.2) is 4.79 Å². The van der Waals surface area contributed by atoms with Crippen molar-refractivity contribution in [2.45, 2.75) is 45.1 Å². The molecule has 0 amide bonds. The summed E-state index contributed by atoms with van der Waals surface area (Å²) in [6.45, 7) is 1.97. The van der Waals surface area contributed by atoms with Gasteiger partial charge in [0.25, 0.3) is 0 Å². The summed E-state index contributed by atoms with van der Waals surface area (Å²) in [6, 6.07) is 0. The maximum atomic E-state index is 11.4. The Hall–Kier alpha value is -0.790. The van der Waals surface area contributed by atoms with E-state index in [0.717, 1.165) is 31.3 Å². The number of rotatable bonds is 0. The first kappa shape index (κ1) is 7.84. The molecule has 1 aliphatic heterocycles. The molecule has 2 rings (SSSR count). The molecule has 0 aromatic rings. The summed E-state index contributed by atoms with van der Waals surface area (Å²) in [4.78, 5) is 11.4. The van der Waals surface area contributed by atoms with Crippen molar-refractivity contribution in [2.24, 2.45) is 0 Å². The van der Waals surface area contributed by atoms with Gasteiger partial charge in [-0.3, -0.25) is 0 Å². The van der Waals surface area contributed by atoms with Gasteiger partial charge in [-0.15, -0.1) is 0 Å². The number of carbonyl (C=O) groups excluding carboxylic acids is 1. The van der Waals surface area contributed by atoms with Gasteiger partial charge in [-0.1, -0.05) is 5.57 Å². The van der Waals surface area contributed by atoms with Gasteiger partial charge in [0.1, 0.15) is 6.10 Å². The van der Waals surface area contributed by atoms with Crippen molar-refractivity contribution in [3.63, 3.8) is 0 Å². The fourth-order valence-electron chi connectivity index (χ4n) is 2.08. The third-order valence-electron chi connectivity index (χ3n) is 2.67. The topological polar surface area (TPSA) is 26.3 Å². The first-order valence-electron chi connectivity index (χ1n) is 4.69. The molecule has 0 fully saturated rings. The summed E-state index contributed by atoms with van der Waals surface area (Å²) in [5.74, 6) is -0.0524. The van der Waals surface area contributed by atoms with E-state index >= 15 is 0 Å². The molecule has 0 N–H and O–H groups in total. The molecule has 2 aliphatic rings. The van der Waals surface area contributed by atoms with Crippen LogP contribution in [0.5, 0.6) is 0 Å². The molecule has 1 aliphatic carbocycles. The molecular formula is C10H14O2. The zero-order valence-electron chi connectivity index (χ0n) is 7.43. The molecule has 1 unspecified atom stereocenters. The van der Waals surface area contributed by atoms with E-state index in [-0.39, 0.29) is 12.1 Å². The van der Waals surface area contributed by atoms with Crippen molar-refractivity contribution in [3.05, 3.63) is 11.1 Å². The summed E-state index contributed by atoms with van der Waals surface area (Å²) in [5, 5.41) is 0. The van der Waals surface area contributed by atoms with Gasteiger partial charge >= 0.3 is 5.97 Å². The van der Waals surface area contributed by atoms with Gasteiger partial charge in [-0.05, 0) is 32.6 Å². The van der Waals surface area contributed by atoms with E-state index in [1.54, 1.807) is 0 Å². The van der Waals surface area contributed by atoms with Crippen LogP contribution in [0.25, 0.3) is 0 Å². The molecule has 0 saturated carbocycles. The minimum atomic E-state index is -0.0524. The lowest BCUT2D eigenvalue weighted by Gasteiger charge is -2.27. The summed E-state index contributed by atoms with van der Waals surface area (Å²) in [5.41, 5.74) is 2.35. The Bertz CT molecular complexity index is 240. The van der Waals surface area contributed by atoms with Gasteiger partial charge in [-0.2, -0.15) is 0 Å². The van der Waals surface area contributed by atoms with Crippen molar-refractivity contribution < 1.29 is 9.53 Å². The second-order valence-corrected chi connectivity index (χ2v) is 3.71. The maximum Gasteiger partial charge on any atom is 0.334 e. The molecule has 0 bridgehead atoms. The third kappa shape index (κ3) is 1.26. The van der Waals surface area contributed by atoms with Crippen molar-refractivity contribution in [1.82, 2.24) is 0 Å². The first-order chi connectivity index (χ1) is 5.77. The molecule has 66 valence electrons. The van der Waals surface area contributed by atoms with Crippen LogP contribution in [0.3, 0.4) is 0 Å². The first-order valence-corrected chi connectivity index (χ1v) is 4.69. The molecule has 0 aromatic heterocycles. The van der Waals surface area contributed by atoms with Crippen LogP contribution in [0.4, 0.5) is 0 Å². The monoisotopic (exact) mass is 166 g/mol. The highest BCUT2D eigenvalue weighted by atomic mass is 16.5. The molecule has 0 spiro atoms. The Kier molecular flexibility index (Phi) is 1.91. The van der Waals surface area contributed by atoms with E-state index in [4.69, 9.17) is 4.74 Å². The van der Waals surface area contributed by atoms with Gasteiger partial charge in [0.05, 0.1) is 0 Å². The van der Waals surface area contributed by atoms with Gasteiger partial charge < -0.3 is 4.74 Å². The molecule has 1 heterocycles. The van der Waals surface area contributed by atoms with E-state index in [9.17, 15) is 4.79 Å². The molecule has 0 aromatic carbocycles. The predicted molar refractivity (Wildman–Crippen MR) is 45.7 cm³/mol. The molecule has 2 nitrogen and oxygen atoms in total. The van der Waals surface area contributed by atoms with Crippen LogP contribution in [0.15, 0.2) is 11.1 Å². The highest BCUT2D eigenvalue weighted by Crippen LogP contribution is 2.32. The van der Waals surface area contributed by atoms with Gasteiger partial charge in [0.2, 0.25) is 0 Å². The fraction of sp³-hybridized carbons (Fsp3) is 0.700. The van der Waals surface area contributed by atoms with Crippen LogP contribution in [-0.2, 0) is 9.53 Å². The average Bonchev–Trinajstić information content (AvgIpc) is 2.04. The van der Waals surface area contributed by atoms with E-state index in [1.807, 2.05) is 6.92 Å². The maximum absolute atomic E-state index is 11.4. The number of esters is 1. The Morgan fingerprint density at radius 2 is 2.08 bits per heavy atom. The highest BCUT2D eigenvalue weighted by molar-refractivity contribution is 5.90. The van der Waals surface area contributed by atoms with E-state index in [2.05, 4.69) is 0 Å². The van der Waals surface area contributed by atoms with E-state index in [1.165, 1.54) is 12.0 Å².